The molecule has 1 aromatic rings. The van der Waals surface area contributed by atoms with Crippen molar-refractivity contribution in [1.82, 2.24) is 0 Å². The molecule has 0 bridgehead atoms. The van der Waals surface area contributed by atoms with Gasteiger partial charge in [0.15, 0.2) is 5.41 Å². The molecule has 1 aromatic carbocycles. The van der Waals surface area contributed by atoms with Crippen LogP contribution in [0.3, 0.4) is 0 Å². The fourth-order valence-electron chi connectivity index (χ4n) is 1.52. The van der Waals surface area contributed by atoms with Gasteiger partial charge >= 0.3 is 11.9 Å². The Balaban J connectivity index is 3.08. The lowest BCUT2D eigenvalue weighted by molar-refractivity contribution is -0.165. The van der Waals surface area contributed by atoms with Crippen molar-refractivity contribution in [2.75, 3.05) is 7.11 Å². The van der Waals surface area contributed by atoms with Crippen LogP contribution in [0.1, 0.15) is 12.5 Å². The van der Waals surface area contributed by atoms with E-state index in [0.29, 0.717) is 15.6 Å². The SMILES string of the molecule is COC(=O)C(C)(Cc1ccc(Cl)c(Cl)c1)C(=O)O. The lowest BCUT2D eigenvalue weighted by atomic mass is 9.84. The summed E-state index contributed by atoms with van der Waals surface area (Å²) in [4.78, 5) is 22.8. The van der Waals surface area contributed by atoms with Crippen molar-refractivity contribution in [2.24, 2.45) is 5.41 Å². The molecule has 0 heterocycles. The zero-order chi connectivity index (χ0) is 13.9. The summed E-state index contributed by atoms with van der Waals surface area (Å²) < 4.78 is 4.52. The second-order valence-electron chi connectivity index (χ2n) is 4.05. The topological polar surface area (TPSA) is 63.6 Å². The van der Waals surface area contributed by atoms with Crippen LogP contribution < -0.4 is 0 Å². The molecule has 4 nitrogen and oxygen atoms in total. The third-order valence-corrected chi connectivity index (χ3v) is 3.39. The van der Waals surface area contributed by atoms with E-state index in [0.717, 1.165) is 7.11 Å². The summed E-state index contributed by atoms with van der Waals surface area (Å²) in [5.74, 6) is -2.05. The van der Waals surface area contributed by atoms with Gasteiger partial charge < -0.3 is 9.84 Å². The summed E-state index contributed by atoms with van der Waals surface area (Å²) >= 11 is 11.6. The van der Waals surface area contributed by atoms with Gasteiger partial charge in [0, 0.05) is 0 Å². The molecule has 18 heavy (non-hydrogen) atoms. The third kappa shape index (κ3) is 2.94. The second-order valence-corrected chi connectivity index (χ2v) is 4.87. The Labute approximate surface area is 114 Å². The van der Waals surface area contributed by atoms with Crippen LogP contribution in [0.25, 0.3) is 0 Å². The van der Waals surface area contributed by atoms with Gasteiger partial charge in [0.1, 0.15) is 0 Å². The van der Waals surface area contributed by atoms with Crippen molar-refractivity contribution in [1.29, 1.82) is 0 Å². The van der Waals surface area contributed by atoms with Crippen LogP contribution in [0.5, 0.6) is 0 Å². The highest BCUT2D eigenvalue weighted by atomic mass is 35.5. The Morgan fingerprint density at radius 3 is 2.39 bits per heavy atom. The van der Waals surface area contributed by atoms with E-state index in [9.17, 15) is 9.59 Å². The molecule has 0 saturated heterocycles. The standard InChI is InChI=1S/C12H12Cl2O4/c1-12(10(15)16,11(17)18-2)6-7-3-4-8(13)9(14)5-7/h3-5H,6H2,1-2H3,(H,15,16). The van der Waals surface area contributed by atoms with Gasteiger partial charge in [0.05, 0.1) is 17.2 Å². The van der Waals surface area contributed by atoms with E-state index < -0.39 is 17.4 Å². The molecule has 6 heteroatoms. The first-order valence-electron chi connectivity index (χ1n) is 5.07. The van der Waals surface area contributed by atoms with E-state index in [1.807, 2.05) is 0 Å². The average molecular weight is 291 g/mol. The molecule has 1 atom stereocenters. The predicted octanol–water partition coefficient (Wildman–Crippen LogP) is 2.80. The summed E-state index contributed by atoms with van der Waals surface area (Å²) in [5.41, 5.74) is -1.05. The molecule has 0 aliphatic carbocycles. The van der Waals surface area contributed by atoms with Gasteiger partial charge in [-0.2, -0.15) is 0 Å². The van der Waals surface area contributed by atoms with Crippen LogP contribution in [-0.2, 0) is 20.7 Å². The van der Waals surface area contributed by atoms with Gasteiger partial charge in [-0.15, -0.1) is 0 Å². The molecule has 0 aromatic heterocycles. The molecule has 0 radical (unpaired) electrons. The number of carbonyl (C=O) groups is 2. The number of carboxylic acids is 1. The molecule has 0 fully saturated rings. The van der Waals surface area contributed by atoms with E-state index in [1.54, 1.807) is 12.1 Å². The number of benzene rings is 1. The van der Waals surface area contributed by atoms with Crippen molar-refractivity contribution in [3.8, 4) is 0 Å². The van der Waals surface area contributed by atoms with Gasteiger partial charge in [-0.3, -0.25) is 9.59 Å². The largest absolute Gasteiger partial charge is 0.480 e. The normalized spacial score (nSPS) is 13.8. The summed E-state index contributed by atoms with van der Waals surface area (Å²) in [6.45, 7) is 1.31. The number of carboxylic acid groups (broad SMARTS) is 1. The minimum atomic E-state index is -1.65. The number of carbonyl (C=O) groups excluding carboxylic acids is 1. The quantitative estimate of drug-likeness (QED) is 0.684. The zero-order valence-corrected chi connectivity index (χ0v) is 11.4. The van der Waals surface area contributed by atoms with Crippen molar-refractivity contribution in [3.05, 3.63) is 33.8 Å². The van der Waals surface area contributed by atoms with Crippen LogP contribution in [-0.4, -0.2) is 24.2 Å². The minimum absolute atomic E-state index is 0.0219. The van der Waals surface area contributed by atoms with E-state index in [1.165, 1.54) is 13.0 Å². The highest BCUT2D eigenvalue weighted by molar-refractivity contribution is 6.42. The number of ether oxygens (including phenoxy) is 1. The lowest BCUT2D eigenvalue weighted by Gasteiger charge is -2.21. The number of hydrogen-bond donors (Lipinski definition) is 1. The van der Waals surface area contributed by atoms with Crippen LogP contribution in [0.4, 0.5) is 0 Å². The van der Waals surface area contributed by atoms with Crippen molar-refractivity contribution in [2.45, 2.75) is 13.3 Å². The van der Waals surface area contributed by atoms with E-state index in [2.05, 4.69) is 4.74 Å². The minimum Gasteiger partial charge on any atom is -0.480 e. The highest BCUT2D eigenvalue weighted by Crippen LogP contribution is 2.29. The van der Waals surface area contributed by atoms with Crippen LogP contribution in [0.15, 0.2) is 18.2 Å². The summed E-state index contributed by atoms with van der Waals surface area (Å²) in [5, 5.41) is 9.84. The van der Waals surface area contributed by atoms with E-state index in [-0.39, 0.29) is 6.42 Å². The number of esters is 1. The summed E-state index contributed by atoms with van der Waals surface area (Å²) in [6.07, 6.45) is -0.0219. The summed E-state index contributed by atoms with van der Waals surface area (Å²) in [6, 6.07) is 4.71. The van der Waals surface area contributed by atoms with E-state index >= 15 is 0 Å². The molecule has 0 aliphatic rings. The Morgan fingerprint density at radius 2 is 1.94 bits per heavy atom. The maximum Gasteiger partial charge on any atom is 0.323 e. The molecule has 1 rings (SSSR count). The van der Waals surface area contributed by atoms with Crippen molar-refractivity contribution >= 4 is 35.1 Å². The Bertz CT molecular complexity index is 487. The highest BCUT2D eigenvalue weighted by Gasteiger charge is 2.42. The maximum atomic E-state index is 11.6. The first-order chi connectivity index (χ1) is 8.31. The van der Waals surface area contributed by atoms with Gasteiger partial charge in [0.2, 0.25) is 0 Å². The average Bonchev–Trinajstić information content (AvgIpc) is 2.32. The number of methoxy groups -OCH3 is 1. The fourth-order valence-corrected chi connectivity index (χ4v) is 1.84. The molecule has 0 amide bonds. The van der Waals surface area contributed by atoms with Gasteiger partial charge in [0.25, 0.3) is 0 Å². The fraction of sp³-hybridized carbons (Fsp3) is 0.333. The summed E-state index contributed by atoms with van der Waals surface area (Å²) in [7, 11) is 1.15. The van der Waals surface area contributed by atoms with Crippen LogP contribution in [0.2, 0.25) is 10.0 Å². The zero-order valence-electron chi connectivity index (χ0n) is 9.87. The van der Waals surface area contributed by atoms with Crippen molar-refractivity contribution < 1.29 is 19.4 Å². The van der Waals surface area contributed by atoms with Crippen molar-refractivity contribution in [3.63, 3.8) is 0 Å². The maximum absolute atomic E-state index is 11.6. The molecule has 0 saturated carbocycles. The van der Waals surface area contributed by atoms with Gasteiger partial charge in [-0.05, 0) is 31.0 Å². The lowest BCUT2D eigenvalue weighted by Crippen LogP contribution is -2.39. The Morgan fingerprint density at radius 1 is 1.33 bits per heavy atom. The number of hydrogen-bond acceptors (Lipinski definition) is 3. The predicted molar refractivity (Wildman–Crippen MR) is 67.9 cm³/mol. The van der Waals surface area contributed by atoms with Gasteiger partial charge in [-0.25, -0.2) is 0 Å². The molecule has 98 valence electrons. The Hall–Kier alpha value is -1.26. The van der Waals surface area contributed by atoms with Crippen LogP contribution in [0, 0.1) is 5.41 Å². The third-order valence-electron chi connectivity index (χ3n) is 2.65. The number of halogens is 2. The molecular formula is C12H12Cl2O4. The monoisotopic (exact) mass is 290 g/mol. The first kappa shape index (κ1) is 14.8. The molecule has 0 spiro atoms. The number of rotatable bonds is 4. The molecular weight excluding hydrogens is 279 g/mol. The first-order valence-corrected chi connectivity index (χ1v) is 5.82. The Kier molecular flexibility index (Phi) is 4.59. The number of aliphatic carboxylic acids is 1. The molecule has 1 unspecified atom stereocenters. The molecule has 0 aliphatic heterocycles. The van der Waals surface area contributed by atoms with Crippen LogP contribution >= 0.6 is 23.2 Å². The smallest absolute Gasteiger partial charge is 0.323 e. The van der Waals surface area contributed by atoms with E-state index in [4.69, 9.17) is 28.3 Å². The van der Waals surface area contributed by atoms with Gasteiger partial charge in [-0.1, -0.05) is 29.3 Å². The molecule has 1 N–H and O–H groups in total. The second kappa shape index (κ2) is 5.59.